The monoisotopic (exact) mass is 395 g/mol. The molecule has 0 amide bonds. The number of aromatic carboxylic acids is 1. The lowest BCUT2D eigenvalue weighted by Crippen LogP contribution is -2.17. The number of halogens is 1. The van der Waals surface area contributed by atoms with Gasteiger partial charge in [-0.2, -0.15) is 0 Å². The highest BCUT2D eigenvalue weighted by Gasteiger charge is 2.50. The first-order valence-corrected chi connectivity index (χ1v) is 9.69. The van der Waals surface area contributed by atoms with Crippen molar-refractivity contribution >= 4 is 28.5 Å². The Balaban J connectivity index is 2.06. The first kappa shape index (κ1) is 18.8. The number of para-hydroxylation sites is 1. The standard InChI is InChI=1S/C23H22ClNO3/c1-22(2,3)16-6-4-5-15-17(21(27)28)19(26)20(25-18(15)16)23(11-12-23)13-7-9-14(24)10-8-13/h4-10,26H,11-12H2,1-3H3,(H,27,28). The molecule has 0 atom stereocenters. The van der Waals surface area contributed by atoms with Gasteiger partial charge in [-0.25, -0.2) is 9.78 Å². The first-order valence-electron chi connectivity index (χ1n) is 9.31. The molecule has 2 N–H and O–H groups in total. The molecule has 4 nitrogen and oxygen atoms in total. The fraction of sp³-hybridized carbons (Fsp3) is 0.304. The highest BCUT2D eigenvalue weighted by Crippen LogP contribution is 2.56. The summed E-state index contributed by atoms with van der Waals surface area (Å²) in [5.41, 5.74) is 2.26. The Morgan fingerprint density at radius 2 is 1.75 bits per heavy atom. The third-order valence-electron chi connectivity index (χ3n) is 5.61. The van der Waals surface area contributed by atoms with Crippen molar-refractivity contribution in [3.05, 3.63) is 69.9 Å². The van der Waals surface area contributed by atoms with E-state index >= 15 is 0 Å². The molecule has 28 heavy (non-hydrogen) atoms. The van der Waals surface area contributed by atoms with Gasteiger partial charge in [0, 0.05) is 15.8 Å². The van der Waals surface area contributed by atoms with Gasteiger partial charge in [0.25, 0.3) is 0 Å². The molecule has 1 heterocycles. The fourth-order valence-electron chi connectivity index (χ4n) is 3.99. The van der Waals surface area contributed by atoms with Crippen LogP contribution in [0.4, 0.5) is 0 Å². The number of benzene rings is 2. The Morgan fingerprint density at radius 3 is 2.29 bits per heavy atom. The van der Waals surface area contributed by atoms with Crippen molar-refractivity contribution < 1.29 is 15.0 Å². The van der Waals surface area contributed by atoms with E-state index in [4.69, 9.17) is 16.6 Å². The third kappa shape index (κ3) is 2.83. The van der Waals surface area contributed by atoms with Crippen LogP contribution < -0.4 is 0 Å². The Labute approximate surface area is 168 Å². The van der Waals surface area contributed by atoms with E-state index in [1.54, 1.807) is 6.07 Å². The van der Waals surface area contributed by atoms with Gasteiger partial charge in [0.2, 0.25) is 0 Å². The minimum absolute atomic E-state index is 0.0775. The topological polar surface area (TPSA) is 70.4 Å². The van der Waals surface area contributed by atoms with Gasteiger partial charge in [-0.15, -0.1) is 0 Å². The number of pyridine rings is 1. The summed E-state index contributed by atoms with van der Waals surface area (Å²) in [7, 11) is 0. The van der Waals surface area contributed by atoms with Crippen molar-refractivity contribution in [3.63, 3.8) is 0 Å². The van der Waals surface area contributed by atoms with Gasteiger partial charge in [-0.05, 0) is 41.5 Å². The molecule has 1 fully saturated rings. The highest BCUT2D eigenvalue weighted by atomic mass is 35.5. The predicted octanol–water partition coefficient (Wildman–Crippen LogP) is 5.67. The smallest absolute Gasteiger partial charge is 0.340 e. The zero-order valence-electron chi connectivity index (χ0n) is 16.1. The lowest BCUT2D eigenvalue weighted by atomic mass is 9.83. The SMILES string of the molecule is CC(C)(C)c1cccc2c(C(=O)O)c(O)c(C3(c4ccc(Cl)cc4)CC3)nc12. The maximum absolute atomic E-state index is 12.1. The molecule has 144 valence electrons. The number of aromatic hydroxyl groups is 1. The molecule has 0 bridgehead atoms. The third-order valence-corrected chi connectivity index (χ3v) is 5.86. The first-order chi connectivity index (χ1) is 13.1. The van der Waals surface area contributed by atoms with Gasteiger partial charge in [-0.3, -0.25) is 0 Å². The molecule has 1 aromatic heterocycles. The number of carboxylic acids is 1. The number of rotatable bonds is 3. The van der Waals surface area contributed by atoms with Crippen molar-refractivity contribution in [2.24, 2.45) is 0 Å². The van der Waals surface area contributed by atoms with Crippen molar-refractivity contribution in [1.29, 1.82) is 0 Å². The molecular weight excluding hydrogens is 374 g/mol. The van der Waals surface area contributed by atoms with E-state index in [1.807, 2.05) is 36.4 Å². The van der Waals surface area contributed by atoms with Gasteiger partial charge in [0.05, 0.1) is 11.2 Å². The summed E-state index contributed by atoms with van der Waals surface area (Å²) >= 11 is 6.03. The number of hydrogen-bond acceptors (Lipinski definition) is 3. The molecule has 2 aromatic carbocycles. The maximum atomic E-state index is 12.1. The molecule has 0 saturated heterocycles. The van der Waals surface area contributed by atoms with E-state index in [-0.39, 0.29) is 16.7 Å². The Bertz CT molecular complexity index is 1090. The summed E-state index contributed by atoms with van der Waals surface area (Å²) in [5.74, 6) is -1.39. The number of aromatic nitrogens is 1. The molecule has 1 aliphatic rings. The molecule has 1 saturated carbocycles. The quantitative estimate of drug-likeness (QED) is 0.599. The predicted molar refractivity (Wildman–Crippen MR) is 111 cm³/mol. The second-order valence-corrected chi connectivity index (χ2v) is 8.97. The minimum Gasteiger partial charge on any atom is -0.505 e. The van der Waals surface area contributed by atoms with E-state index in [2.05, 4.69) is 20.8 Å². The van der Waals surface area contributed by atoms with Crippen LogP contribution in [0.3, 0.4) is 0 Å². The molecule has 0 radical (unpaired) electrons. The van der Waals surface area contributed by atoms with Crippen molar-refractivity contribution in [2.45, 2.75) is 44.4 Å². The molecule has 3 aromatic rings. The van der Waals surface area contributed by atoms with Crippen molar-refractivity contribution in [3.8, 4) is 5.75 Å². The second kappa shape index (κ2) is 6.21. The molecule has 1 aliphatic carbocycles. The molecule has 0 aliphatic heterocycles. The lowest BCUT2D eigenvalue weighted by molar-refractivity contribution is 0.0695. The highest BCUT2D eigenvalue weighted by molar-refractivity contribution is 6.30. The molecule has 5 heteroatoms. The molecule has 0 spiro atoms. The largest absolute Gasteiger partial charge is 0.505 e. The number of fused-ring (bicyclic) bond motifs is 1. The minimum atomic E-state index is -1.15. The van der Waals surface area contributed by atoms with Crippen LogP contribution in [0.2, 0.25) is 5.02 Å². The lowest BCUT2D eigenvalue weighted by Gasteiger charge is -2.24. The van der Waals surface area contributed by atoms with Crippen LogP contribution in [-0.4, -0.2) is 21.2 Å². The zero-order chi connectivity index (χ0) is 20.3. The zero-order valence-corrected chi connectivity index (χ0v) is 16.8. The van der Waals surface area contributed by atoms with E-state index in [9.17, 15) is 15.0 Å². The van der Waals surface area contributed by atoms with E-state index in [0.717, 1.165) is 24.0 Å². The fourth-order valence-corrected chi connectivity index (χ4v) is 4.11. The van der Waals surface area contributed by atoms with Crippen LogP contribution in [0.5, 0.6) is 5.75 Å². The second-order valence-electron chi connectivity index (χ2n) is 8.53. The number of nitrogens with zero attached hydrogens (tertiary/aromatic N) is 1. The van der Waals surface area contributed by atoms with Gasteiger partial charge < -0.3 is 10.2 Å². The molecular formula is C23H22ClNO3. The van der Waals surface area contributed by atoms with Crippen molar-refractivity contribution in [1.82, 2.24) is 4.98 Å². The Morgan fingerprint density at radius 1 is 1.11 bits per heavy atom. The van der Waals surface area contributed by atoms with Gasteiger partial charge in [0.1, 0.15) is 5.56 Å². The summed E-state index contributed by atoms with van der Waals surface area (Å²) in [6.07, 6.45) is 1.61. The summed E-state index contributed by atoms with van der Waals surface area (Å²) in [6.45, 7) is 6.22. The number of hydrogen-bond donors (Lipinski definition) is 2. The summed E-state index contributed by atoms with van der Waals surface area (Å²) in [6, 6.07) is 13.0. The van der Waals surface area contributed by atoms with E-state index < -0.39 is 11.4 Å². The average molecular weight is 396 g/mol. The summed E-state index contributed by atoms with van der Waals surface area (Å²) in [5, 5.41) is 21.9. The molecule has 4 rings (SSSR count). The van der Waals surface area contributed by atoms with E-state index in [0.29, 0.717) is 21.6 Å². The van der Waals surface area contributed by atoms with E-state index in [1.165, 1.54) is 0 Å². The van der Waals surface area contributed by atoms with Crippen LogP contribution in [0, 0.1) is 0 Å². The van der Waals surface area contributed by atoms with Gasteiger partial charge >= 0.3 is 5.97 Å². The average Bonchev–Trinajstić information content (AvgIpc) is 3.41. The maximum Gasteiger partial charge on any atom is 0.340 e. The van der Waals surface area contributed by atoms with Crippen LogP contribution in [-0.2, 0) is 10.8 Å². The Hall–Kier alpha value is -2.59. The van der Waals surface area contributed by atoms with Crippen LogP contribution in [0.15, 0.2) is 42.5 Å². The van der Waals surface area contributed by atoms with Crippen LogP contribution >= 0.6 is 11.6 Å². The summed E-state index contributed by atoms with van der Waals surface area (Å²) in [4.78, 5) is 16.9. The molecule has 0 unspecified atom stereocenters. The van der Waals surface area contributed by atoms with Crippen molar-refractivity contribution in [2.75, 3.05) is 0 Å². The van der Waals surface area contributed by atoms with Gasteiger partial charge in [0.15, 0.2) is 5.75 Å². The van der Waals surface area contributed by atoms with Crippen LogP contribution in [0.25, 0.3) is 10.9 Å². The number of carboxylic acid groups (broad SMARTS) is 1. The normalized spacial score (nSPS) is 15.6. The van der Waals surface area contributed by atoms with Crippen LogP contribution in [0.1, 0.15) is 60.8 Å². The van der Waals surface area contributed by atoms with Gasteiger partial charge in [-0.1, -0.05) is 62.7 Å². The number of carbonyl (C=O) groups is 1. The summed E-state index contributed by atoms with van der Waals surface area (Å²) < 4.78 is 0. The Kier molecular flexibility index (Phi) is 4.16.